The molecule has 0 aromatic heterocycles. The molecule has 0 unspecified atom stereocenters. The first-order chi connectivity index (χ1) is 13.8. The largest absolute Gasteiger partial charge is 0.356 e. The average Bonchev–Trinajstić information content (AvgIpc) is 2.65. The first-order valence-electron chi connectivity index (χ1n) is 9.55. The number of hydrogen-bond acceptors (Lipinski definition) is 3. The maximum absolute atomic E-state index is 13.0. The van der Waals surface area contributed by atoms with Crippen LogP contribution in [0.3, 0.4) is 0 Å². The third-order valence-corrected chi connectivity index (χ3v) is 5.69. The Hall–Kier alpha value is -2.45. The summed E-state index contributed by atoms with van der Waals surface area (Å²) < 4.78 is 40.1. The summed E-state index contributed by atoms with van der Waals surface area (Å²) in [6.07, 6.45) is 0.733. The van der Waals surface area contributed by atoms with Crippen molar-refractivity contribution in [3.05, 3.63) is 71.0 Å². The van der Waals surface area contributed by atoms with Crippen LogP contribution in [0.25, 0.3) is 0 Å². The van der Waals surface area contributed by atoms with Crippen LogP contribution in [-0.2, 0) is 28.7 Å². The third kappa shape index (κ3) is 8.21. The van der Waals surface area contributed by atoms with Gasteiger partial charge in [0.15, 0.2) is 5.96 Å². The van der Waals surface area contributed by atoms with Gasteiger partial charge in [0, 0.05) is 26.2 Å². The van der Waals surface area contributed by atoms with Crippen molar-refractivity contribution in [2.75, 3.05) is 13.6 Å². The molecule has 8 heteroatoms. The van der Waals surface area contributed by atoms with Crippen LogP contribution in [0.5, 0.6) is 0 Å². The first kappa shape index (κ1) is 22.8. The van der Waals surface area contributed by atoms with Gasteiger partial charge >= 0.3 is 0 Å². The van der Waals surface area contributed by atoms with Gasteiger partial charge < -0.3 is 10.6 Å². The maximum atomic E-state index is 13.0. The number of guanidine groups is 1. The molecule has 0 aliphatic rings. The van der Waals surface area contributed by atoms with E-state index in [1.165, 1.54) is 12.1 Å². The minimum atomic E-state index is -3.40. The fourth-order valence-corrected chi connectivity index (χ4v) is 4.34. The van der Waals surface area contributed by atoms with Crippen molar-refractivity contribution in [1.82, 2.24) is 15.4 Å². The van der Waals surface area contributed by atoms with Gasteiger partial charge in [0.05, 0.1) is 5.75 Å². The van der Waals surface area contributed by atoms with E-state index in [-0.39, 0.29) is 17.6 Å². The Bertz CT molecular complexity index is 913. The highest BCUT2D eigenvalue weighted by Crippen LogP contribution is 2.12. The maximum Gasteiger partial charge on any atom is 0.216 e. The number of halogens is 1. The van der Waals surface area contributed by atoms with Crippen LogP contribution in [0.4, 0.5) is 4.39 Å². The molecule has 0 fully saturated rings. The van der Waals surface area contributed by atoms with Crippen LogP contribution in [0.1, 0.15) is 30.5 Å². The molecular formula is C21H29FN4O2S. The van der Waals surface area contributed by atoms with Crippen molar-refractivity contribution in [2.24, 2.45) is 4.99 Å². The van der Waals surface area contributed by atoms with Crippen molar-refractivity contribution in [2.45, 2.75) is 38.6 Å². The van der Waals surface area contributed by atoms with Gasteiger partial charge in [0.1, 0.15) is 5.82 Å². The van der Waals surface area contributed by atoms with Crippen molar-refractivity contribution in [3.8, 4) is 0 Å². The van der Waals surface area contributed by atoms with E-state index in [0.717, 1.165) is 23.1 Å². The fraction of sp³-hybridized carbons (Fsp3) is 0.381. The molecule has 0 saturated carbocycles. The highest BCUT2D eigenvalue weighted by molar-refractivity contribution is 7.88. The fourth-order valence-electron chi connectivity index (χ4n) is 2.85. The second kappa shape index (κ2) is 10.9. The van der Waals surface area contributed by atoms with Crippen molar-refractivity contribution in [3.63, 3.8) is 0 Å². The van der Waals surface area contributed by atoms with Gasteiger partial charge in [0.2, 0.25) is 10.0 Å². The molecule has 0 spiro atoms. The number of nitrogens with zero attached hydrogens (tertiary/aromatic N) is 1. The molecule has 0 saturated heterocycles. The molecule has 0 heterocycles. The van der Waals surface area contributed by atoms with E-state index in [1.807, 2.05) is 24.3 Å². The molecule has 0 aliphatic heterocycles. The molecule has 29 heavy (non-hydrogen) atoms. The zero-order valence-electron chi connectivity index (χ0n) is 17.1. The molecule has 0 atom stereocenters. The zero-order valence-corrected chi connectivity index (χ0v) is 17.9. The molecular weight excluding hydrogens is 391 g/mol. The van der Waals surface area contributed by atoms with Crippen LogP contribution < -0.4 is 15.4 Å². The van der Waals surface area contributed by atoms with Gasteiger partial charge in [0.25, 0.3) is 0 Å². The van der Waals surface area contributed by atoms with Crippen LogP contribution in [0.2, 0.25) is 0 Å². The molecule has 0 bridgehead atoms. The molecule has 6 nitrogen and oxygen atoms in total. The lowest BCUT2D eigenvalue weighted by Gasteiger charge is -2.15. The van der Waals surface area contributed by atoms with Crippen molar-refractivity contribution < 1.29 is 12.8 Å². The molecule has 0 radical (unpaired) electrons. The zero-order chi connectivity index (χ0) is 21.3. The smallest absolute Gasteiger partial charge is 0.216 e. The molecule has 2 aromatic carbocycles. The van der Waals surface area contributed by atoms with Gasteiger partial charge in [-0.3, -0.25) is 4.99 Å². The first-order valence-corrected chi connectivity index (χ1v) is 11.2. The quantitative estimate of drug-likeness (QED) is 0.430. The summed E-state index contributed by atoms with van der Waals surface area (Å²) in [7, 11) is -1.72. The predicted octanol–water partition coefficient (Wildman–Crippen LogP) is 2.56. The van der Waals surface area contributed by atoms with E-state index in [9.17, 15) is 12.8 Å². The number of aliphatic imine (C=N–C) groups is 1. The lowest BCUT2D eigenvalue weighted by Crippen LogP contribution is -2.38. The standard InChI is InChI=1S/C21H29FN4O2S/c1-16(2)26-29(27,28)15-19-7-5-4-6-18(19)14-25-21(23-3)24-13-12-17-8-10-20(22)11-9-17/h4-11,16,26H,12-15H2,1-3H3,(H2,23,24,25). The van der Waals surface area contributed by atoms with Crippen LogP contribution in [0.15, 0.2) is 53.5 Å². The minimum absolute atomic E-state index is 0.0698. The minimum Gasteiger partial charge on any atom is -0.356 e. The monoisotopic (exact) mass is 420 g/mol. The third-order valence-electron chi connectivity index (χ3n) is 4.17. The molecule has 0 amide bonds. The number of sulfonamides is 1. The normalized spacial score (nSPS) is 12.2. The topological polar surface area (TPSA) is 82.6 Å². The molecule has 158 valence electrons. The summed E-state index contributed by atoms with van der Waals surface area (Å²) in [4.78, 5) is 4.20. The van der Waals surface area contributed by atoms with Crippen LogP contribution in [0, 0.1) is 5.82 Å². The summed E-state index contributed by atoms with van der Waals surface area (Å²) in [6.45, 7) is 4.68. The Morgan fingerprint density at radius 1 is 1.03 bits per heavy atom. The summed E-state index contributed by atoms with van der Waals surface area (Å²) in [5, 5.41) is 6.42. The van der Waals surface area contributed by atoms with Crippen LogP contribution in [-0.4, -0.2) is 34.0 Å². The number of benzene rings is 2. The van der Waals surface area contributed by atoms with Crippen molar-refractivity contribution >= 4 is 16.0 Å². The second-order valence-electron chi connectivity index (χ2n) is 7.03. The van der Waals surface area contributed by atoms with Crippen LogP contribution >= 0.6 is 0 Å². The number of nitrogens with one attached hydrogen (secondary N) is 3. The van der Waals surface area contributed by atoms with E-state index < -0.39 is 10.0 Å². The Labute approximate surface area is 172 Å². The van der Waals surface area contributed by atoms with E-state index in [4.69, 9.17) is 0 Å². The Morgan fingerprint density at radius 3 is 2.31 bits per heavy atom. The van der Waals surface area contributed by atoms with Crippen molar-refractivity contribution in [1.29, 1.82) is 0 Å². The number of hydrogen-bond donors (Lipinski definition) is 3. The van der Waals surface area contributed by atoms with E-state index in [0.29, 0.717) is 19.0 Å². The molecule has 0 aliphatic carbocycles. The molecule has 2 aromatic rings. The molecule has 3 N–H and O–H groups in total. The average molecular weight is 421 g/mol. The summed E-state index contributed by atoms with van der Waals surface area (Å²) >= 11 is 0. The van der Waals surface area contributed by atoms with E-state index in [1.54, 1.807) is 33.0 Å². The Kier molecular flexibility index (Phi) is 8.60. The summed E-state index contributed by atoms with van der Waals surface area (Å²) in [5.41, 5.74) is 2.67. The van der Waals surface area contributed by atoms with Gasteiger partial charge in [-0.1, -0.05) is 36.4 Å². The second-order valence-corrected chi connectivity index (χ2v) is 8.78. The van der Waals surface area contributed by atoms with E-state index >= 15 is 0 Å². The van der Waals surface area contributed by atoms with Gasteiger partial charge in [-0.05, 0) is 49.1 Å². The highest BCUT2D eigenvalue weighted by atomic mass is 32.2. The van der Waals surface area contributed by atoms with Gasteiger partial charge in [-0.15, -0.1) is 0 Å². The predicted molar refractivity (Wildman–Crippen MR) is 116 cm³/mol. The van der Waals surface area contributed by atoms with E-state index in [2.05, 4.69) is 20.3 Å². The molecule has 2 rings (SSSR count). The van der Waals surface area contributed by atoms with Gasteiger partial charge in [-0.2, -0.15) is 0 Å². The summed E-state index contributed by atoms with van der Waals surface area (Å²) in [5.74, 6) is 0.299. The van der Waals surface area contributed by atoms with Gasteiger partial charge in [-0.25, -0.2) is 17.5 Å². The highest BCUT2D eigenvalue weighted by Gasteiger charge is 2.15. The Balaban J connectivity index is 1.91. The Morgan fingerprint density at radius 2 is 1.69 bits per heavy atom. The summed E-state index contributed by atoms with van der Waals surface area (Å²) in [6, 6.07) is 13.7. The lowest BCUT2D eigenvalue weighted by molar-refractivity contribution is 0.568. The SMILES string of the molecule is CN=C(NCCc1ccc(F)cc1)NCc1ccccc1CS(=O)(=O)NC(C)C. The number of rotatable bonds is 9. The lowest BCUT2D eigenvalue weighted by atomic mass is 10.1.